The number of aryl methyl sites for hydroxylation is 1. The summed E-state index contributed by atoms with van der Waals surface area (Å²) >= 11 is 0. The van der Waals surface area contributed by atoms with Gasteiger partial charge in [-0.05, 0) is 47.4 Å². The molecule has 21 heavy (non-hydrogen) atoms. The van der Waals surface area contributed by atoms with E-state index in [1.165, 1.54) is 23.1 Å². The van der Waals surface area contributed by atoms with E-state index in [0.717, 1.165) is 19.4 Å². The molecule has 1 heterocycles. The molecule has 0 radical (unpaired) electrons. The highest BCUT2D eigenvalue weighted by molar-refractivity contribution is 5.38. The molecule has 0 fully saturated rings. The summed E-state index contributed by atoms with van der Waals surface area (Å²) in [4.78, 5) is 0. The van der Waals surface area contributed by atoms with E-state index in [1.807, 2.05) is 0 Å². The second-order valence-electron chi connectivity index (χ2n) is 6.08. The molecule has 0 bridgehead atoms. The summed E-state index contributed by atoms with van der Waals surface area (Å²) in [5, 5.41) is 3.78. The van der Waals surface area contributed by atoms with Crippen molar-refractivity contribution in [2.24, 2.45) is 0 Å². The molecule has 1 heteroatoms. The van der Waals surface area contributed by atoms with Crippen LogP contribution in [0.15, 0.2) is 48.5 Å². The zero-order valence-electron chi connectivity index (χ0n) is 13.1. The fraction of sp³-hybridized carbons (Fsp3) is 0.400. The molecule has 0 saturated heterocycles. The van der Waals surface area contributed by atoms with Gasteiger partial charge < -0.3 is 5.32 Å². The fourth-order valence-corrected chi connectivity index (χ4v) is 3.58. The van der Waals surface area contributed by atoms with E-state index in [2.05, 4.69) is 67.7 Å². The van der Waals surface area contributed by atoms with Crippen LogP contribution in [0.5, 0.6) is 0 Å². The number of hydrogen-bond acceptors (Lipinski definition) is 1. The summed E-state index contributed by atoms with van der Waals surface area (Å²) < 4.78 is 0. The zero-order chi connectivity index (χ0) is 14.7. The maximum atomic E-state index is 3.78. The third-order valence-electron chi connectivity index (χ3n) is 4.79. The van der Waals surface area contributed by atoms with Crippen LogP contribution in [0.2, 0.25) is 0 Å². The van der Waals surface area contributed by atoms with Gasteiger partial charge in [-0.2, -0.15) is 0 Å². The van der Waals surface area contributed by atoms with Crippen LogP contribution in [0, 0.1) is 0 Å². The second kappa shape index (κ2) is 6.44. The minimum atomic E-state index is 0.553. The lowest BCUT2D eigenvalue weighted by Crippen LogP contribution is -2.40. The van der Waals surface area contributed by atoms with E-state index in [1.54, 1.807) is 5.56 Å². The number of fused-ring (bicyclic) bond motifs is 1. The van der Waals surface area contributed by atoms with Crippen molar-refractivity contribution in [3.8, 4) is 0 Å². The molecular formula is C20H25N. The van der Waals surface area contributed by atoms with E-state index in [0.29, 0.717) is 12.0 Å². The second-order valence-corrected chi connectivity index (χ2v) is 6.08. The minimum absolute atomic E-state index is 0.553. The Morgan fingerprint density at radius 3 is 2.52 bits per heavy atom. The lowest BCUT2D eigenvalue weighted by atomic mass is 9.80. The van der Waals surface area contributed by atoms with Crippen molar-refractivity contribution in [2.75, 3.05) is 0 Å². The highest BCUT2D eigenvalue weighted by Crippen LogP contribution is 2.33. The van der Waals surface area contributed by atoms with E-state index >= 15 is 0 Å². The summed E-state index contributed by atoms with van der Waals surface area (Å²) in [7, 11) is 0. The van der Waals surface area contributed by atoms with Crippen molar-refractivity contribution in [3.63, 3.8) is 0 Å². The molecule has 2 aromatic rings. The molecule has 1 aliphatic heterocycles. The molecule has 0 saturated carbocycles. The highest BCUT2D eigenvalue weighted by atomic mass is 14.9. The fourth-order valence-electron chi connectivity index (χ4n) is 3.58. The first-order chi connectivity index (χ1) is 10.3. The van der Waals surface area contributed by atoms with Gasteiger partial charge in [0, 0.05) is 12.6 Å². The van der Waals surface area contributed by atoms with Crippen LogP contribution >= 0.6 is 0 Å². The summed E-state index contributed by atoms with van der Waals surface area (Å²) in [5.74, 6) is 0.625. The minimum Gasteiger partial charge on any atom is -0.309 e. The van der Waals surface area contributed by atoms with Gasteiger partial charge in [0.1, 0.15) is 0 Å². The Morgan fingerprint density at radius 1 is 1.00 bits per heavy atom. The molecule has 1 nitrogen and oxygen atoms in total. The standard InChI is InChI=1S/C20H25N/c1-3-15-10-11-19-17(12-15)14-21-20(18(19)4-2)13-16-8-6-5-7-9-16/h5-12,18,20-21H,3-4,13-14H2,1-2H3. The summed E-state index contributed by atoms with van der Waals surface area (Å²) in [6.07, 6.45) is 3.44. The molecular weight excluding hydrogens is 254 g/mol. The first kappa shape index (κ1) is 14.3. The van der Waals surface area contributed by atoms with Crippen molar-refractivity contribution in [3.05, 3.63) is 70.8 Å². The topological polar surface area (TPSA) is 12.0 Å². The van der Waals surface area contributed by atoms with Gasteiger partial charge in [-0.1, -0.05) is 62.4 Å². The lowest BCUT2D eigenvalue weighted by molar-refractivity contribution is 0.390. The molecule has 2 aromatic carbocycles. The number of nitrogens with one attached hydrogen (secondary N) is 1. The molecule has 3 rings (SSSR count). The van der Waals surface area contributed by atoms with Gasteiger partial charge in [0.15, 0.2) is 0 Å². The molecule has 0 aromatic heterocycles. The van der Waals surface area contributed by atoms with E-state index < -0.39 is 0 Å². The Morgan fingerprint density at radius 2 is 1.81 bits per heavy atom. The maximum Gasteiger partial charge on any atom is 0.0211 e. The third-order valence-corrected chi connectivity index (χ3v) is 4.79. The molecule has 1 N–H and O–H groups in total. The lowest BCUT2D eigenvalue weighted by Gasteiger charge is -2.34. The van der Waals surface area contributed by atoms with Crippen LogP contribution in [0.25, 0.3) is 0 Å². The van der Waals surface area contributed by atoms with Gasteiger partial charge in [0.2, 0.25) is 0 Å². The third kappa shape index (κ3) is 3.03. The van der Waals surface area contributed by atoms with Gasteiger partial charge in [-0.15, -0.1) is 0 Å². The quantitative estimate of drug-likeness (QED) is 0.871. The van der Waals surface area contributed by atoms with Gasteiger partial charge in [-0.3, -0.25) is 0 Å². The Bertz CT molecular complexity index is 588. The van der Waals surface area contributed by atoms with E-state index in [-0.39, 0.29) is 0 Å². The zero-order valence-corrected chi connectivity index (χ0v) is 13.1. The van der Waals surface area contributed by atoms with Gasteiger partial charge in [0.05, 0.1) is 0 Å². The first-order valence-electron chi connectivity index (χ1n) is 8.20. The Labute approximate surface area is 128 Å². The molecule has 0 amide bonds. The van der Waals surface area contributed by atoms with Crippen molar-refractivity contribution in [2.45, 2.75) is 51.6 Å². The largest absolute Gasteiger partial charge is 0.309 e. The van der Waals surface area contributed by atoms with Crippen molar-refractivity contribution >= 4 is 0 Å². The van der Waals surface area contributed by atoms with Crippen LogP contribution in [0.1, 0.15) is 48.4 Å². The SMILES string of the molecule is CCc1ccc2c(c1)CNC(Cc1ccccc1)C2CC. The van der Waals surface area contributed by atoms with Crippen LogP contribution in [0.3, 0.4) is 0 Å². The Balaban J connectivity index is 1.84. The average Bonchev–Trinajstić information content (AvgIpc) is 2.55. The highest BCUT2D eigenvalue weighted by Gasteiger charge is 2.27. The van der Waals surface area contributed by atoms with Crippen molar-refractivity contribution in [1.29, 1.82) is 0 Å². The monoisotopic (exact) mass is 279 g/mol. The smallest absolute Gasteiger partial charge is 0.0211 e. The number of benzene rings is 2. The normalized spacial score (nSPS) is 21.0. The molecule has 110 valence electrons. The van der Waals surface area contributed by atoms with Crippen LogP contribution in [-0.4, -0.2) is 6.04 Å². The molecule has 2 atom stereocenters. The average molecular weight is 279 g/mol. The maximum absolute atomic E-state index is 3.78. The molecule has 0 aliphatic carbocycles. The number of rotatable bonds is 4. The van der Waals surface area contributed by atoms with Gasteiger partial charge >= 0.3 is 0 Å². The van der Waals surface area contributed by atoms with Crippen molar-refractivity contribution in [1.82, 2.24) is 5.32 Å². The molecule has 0 spiro atoms. The summed E-state index contributed by atoms with van der Waals surface area (Å²) in [6, 6.07) is 18.5. The summed E-state index contributed by atoms with van der Waals surface area (Å²) in [6.45, 7) is 5.55. The van der Waals surface area contributed by atoms with E-state index in [9.17, 15) is 0 Å². The van der Waals surface area contributed by atoms with E-state index in [4.69, 9.17) is 0 Å². The Kier molecular flexibility index (Phi) is 4.40. The van der Waals surface area contributed by atoms with Crippen LogP contribution in [0.4, 0.5) is 0 Å². The van der Waals surface area contributed by atoms with Crippen molar-refractivity contribution < 1.29 is 0 Å². The van der Waals surface area contributed by atoms with Gasteiger partial charge in [0.25, 0.3) is 0 Å². The molecule has 2 unspecified atom stereocenters. The number of hydrogen-bond donors (Lipinski definition) is 1. The Hall–Kier alpha value is -1.60. The van der Waals surface area contributed by atoms with Crippen LogP contribution in [-0.2, 0) is 19.4 Å². The predicted molar refractivity (Wildman–Crippen MR) is 89.6 cm³/mol. The van der Waals surface area contributed by atoms with Crippen LogP contribution < -0.4 is 5.32 Å². The molecule has 1 aliphatic rings. The van der Waals surface area contributed by atoms with Gasteiger partial charge in [-0.25, -0.2) is 0 Å². The summed E-state index contributed by atoms with van der Waals surface area (Å²) in [5.41, 5.74) is 5.95. The first-order valence-corrected chi connectivity index (χ1v) is 8.20. The predicted octanol–water partition coefficient (Wildman–Crippen LogP) is 4.46.